The fourth-order valence-electron chi connectivity index (χ4n) is 2.41. The first-order valence-corrected chi connectivity index (χ1v) is 7.70. The SMILES string of the molecule is CC/C(=C/B1OC(C)(C)C(C)(C)O1)c1ccc(C(F)(F)F)cc1. The van der Waals surface area contributed by atoms with Gasteiger partial charge in [-0.1, -0.05) is 25.0 Å². The molecule has 0 unspecified atom stereocenters. The quantitative estimate of drug-likeness (QED) is 0.717. The number of hydrogen-bond acceptors (Lipinski definition) is 2. The second-order valence-corrected chi connectivity index (χ2v) is 6.75. The smallest absolute Gasteiger partial charge is 0.400 e. The van der Waals surface area contributed by atoms with Gasteiger partial charge in [0.1, 0.15) is 0 Å². The number of hydrogen-bond donors (Lipinski definition) is 0. The Balaban J connectivity index is 2.24. The second-order valence-electron chi connectivity index (χ2n) is 6.75. The largest absolute Gasteiger partial charge is 0.487 e. The van der Waals surface area contributed by atoms with Gasteiger partial charge in [0.15, 0.2) is 0 Å². The van der Waals surface area contributed by atoms with Crippen molar-refractivity contribution in [3.63, 3.8) is 0 Å². The second kappa shape index (κ2) is 5.98. The van der Waals surface area contributed by atoms with E-state index in [1.165, 1.54) is 12.1 Å². The van der Waals surface area contributed by atoms with E-state index in [1.54, 1.807) is 0 Å². The summed E-state index contributed by atoms with van der Waals surface area (Å²) >= 11 is 0. The number of benzene rings is 1. The van der Waals surface area contributed by atoms with Crippen LogP contribution in [0.1, 0.15) is 52.2 Å². The maximum absolute atomic E-state index is 12.6. The van der Waals surface area contributed by atoms with E-state index in [1.807, 2.05) is 40.6 Å². The molecule has 2 rings (SSSR count). The third-order valence-corrected chi connectivity index (χ3v) is 4.57. The van der Waals surface area contributed by atoms with Crippen molar-refractivity contribution in [1.29, 1.82) is 0 Å². The van der Waals surface area contributed by atoms with Crippen molar-refractivity contribution < 1.29 is 22.5 Å². The van der Waals surface area contributed by atoms with E-state index in [0.717, 1.165) is 23.3 Å². The first-order chi connectivity index (χ1) is 10.5. The third kappa shape index (κ3) is 3.80. The fourth-order valence-corrected chi connectivity index (χ4v) is 2.41. The molecule has 126 valence electrons. The maximum atomic E-state index is 12.6. The molecular formula is C17H22BF3O2. The number of halogens is 3. The van der Waals surface area contributed by atoms with Crippen molar-refractivity contribution in [3.05, 3.63) is 41.4 Å². The highest BCUT2D eigenvalue weighted by Crippen LogP contribution is 2.38. The van der Waals surface area contributed by atoms with Crippen LogP contribution in [-0.2, 0) is 15.5 Å². The van der Waals surface area contributed by atoms with Gasteiger partial charge in [-0.2, -0.15) is 13.2 Å². The maximum Gasteiger partial charge on any atom is 0.487 e. The average Bonchev–Trinajstić information content (AvgIpc) is 2.63. The van der Waals surface area contributed by atoms with Crippen LogP contribution in [-0.4, -0.2) is 18.3 Å². The molecule has 1 aromatic carbocycles. The van der Waals surface area contributed by atoms with Crippen LogP contribution >= 0.6 is 0 Å². The predicted molar refractivity (Wildman–Crippen MR) is 85.8 cm³/mol. The molecule has 0 amide bonds. The minimum Gasteiger partial charge on any atom is -0.400 e. The summed E-state index contributed by atoms with van der Waals surface area (Å²) < 4.78 is 49.8. The van der Waals surface area contributed by atoms with Crippen molar-refractivity contribution in [2.45, 2.75) is 58.4 Å². The Hall–Kier alpha value is -1.27. The van der Waals surface area contributed by atoms with Gasteiger partial charge in [-0.05, 0) is 57.4 Å². The van der Waals surface area contributed by atoms with E-state index in [4.69, 9.17) is 9.31 Å². The molecule has 0 spiro atoms. The Bertz CT molecular complexity index is 573. The number of rotatable bonds is 3. The van der Waals surface area contributed by atoms with Crippen LogP contribution < -0.4 is 0 Å². The third-order valence-electron chi connectivity index (χ3n) is 4.57. The van der Waals surface area contributed by atoms with E-state index in [-0.39, 0.29) is 0 Å². The summed E-state index contributed by atoms with van der Waals surface area (Å²) in [6.07, 6.45) is -3.64. The molecule has 0 aliphatic carbocycles. The lowest BCUT2D eigenvalue weighted by Crippen LogP contribution is -2.41. The Kier molecular flexibility index (Phi) is 4.70. The van der Waals surface area contributed by atoms with E-state index in [0.29, 0.717) is 6.42 Å². The molecule has 1 heterocycles. The van der Waals surface area contributed by atoms with E-state index < -0.39 is 30.1 Å². The molecule has 1 fully saturated rings. The molecule has 0 N–H and O–H groups in total. The monoisotopic (exact) mass is 326 g/mol. The van der Waals surface area contributed by atoms with Crippen molar-refractivity contribution in [2.75, 3.05) is 0 Å². The van der Waals surface area contributed by atoms with E-state index in [2.05, 4.69) is 0 Å². The van der Waals surface area contributed by atoms with Gasteiger partial charge in [-0.15, -0.1) is 0 Å². The van der Waals surface area contributed by atoms with Gasteiger partial charge in [0.2, 0.25) is 0 Å². The van der Waals surface area contributed by atoms with Gasteiger partial charge in [-0.3, -0.25) is 0 Å². The lowest BCUT2D eigenvalue weighted by atomic mass is 9.84. The molecule has 6 heteroatoms. The molecule has 0 saturated carbocycles. The Labute approximate surface area is 135 Å². The molecule has 23 heavy (non-hydrogen) atoms. The molecule has 0 atom stereocenters. The van der Waals surface area contributed by atoms with Crippen LogP contribution in [0.3, 0.4) is 0 Å². The summed E-state index contributed by atoms with van der Waals surface area (Å²) in [6.45, 7) is 9.80. The topological polar surface area (TPSA) is 18.5 Å². The normalized spacial score (nSPS) is 20.9. The zero-order valence-corrected chi connectivity index (χ0v) is 14.1. The van der Waals surface area contributed by atoms with Gasteiger partial charge >= 0.3 is 13.3 Å². The Morgan fingerprint density at radius 3 is 1.91 bits per heavy atom. The van der Waals surface area contributed by atoms with Crippen LogP contribution in [0.2, 0.25) is 0 Å². The highest BCUT2D eigenvalue weighted by Gasteiger charge is 2.50. The summed E-state index contributed by atoms with van der Waals surface area (Å²) in [7, 11) is -0.503. The molecular weight excluding hydrogens is 304 g/mol. The van der Waals surface area contributed by atoms with Crippen LogP contribution in [0.25, 0.3) is 5.57 Å². The lowest BCUT2D eigenvalue weighted by Gasteiger charge is -2.32. The first-order valence-electron chi connectivity index (χ1n) is 7.70. The summed E-state index contributed by atoms with van der Waals surface area (Å²) in [5.41, 5.74) is 0.125. The van der Waals surface area contributed by atoms with Gasteiger partial charge in [0, 0.05) is 0 Å². The van der Waals surface area contributed by atoms with Crippen LogP contribution in [0.5, 0.6) is 0 Å². The van der Waals surface area contributed by atoms with Crippen molar-refractivity contribution in [2.24, 2.45) is 0 Å². The Morgan fingerprint density at radius 1 is 1.04 bits per heavy atom. The van der Waals surface area contributed by atoms with Gasteiger partial charge in [0.25, 0.3) is 0 Å². The molecule has 1 aliphatic heterocycles. The molecule has 0 bridgehead atoms. The average molecular weight is 326 g/mol. The molecule has 1 saturated heterocycles. The van der Waals surface area contributed by atoms with E-state index >= 15 is 0 Å². The predicted octanol–water partition coefficient (Wildman–Crippen LogP) is 5.13. The lowest BCUT2D eigenvalue weighted by molar-refractivity contribution is -0.137. The molecule has 1 aliphatic rings. The van der Waals surface area contributed by atoms with Gasteiger partial charge in [0.05, 0.1) is 16.8 Å². The summed E-state index contributed by atoms with van der Waals surface area (Å²) in [4.78, 5) is 0. The van der Waals surface area contributed by atoms with Crippen molar-refractivity contribution >= 4 is 12.7 Å². The molecule has 0 radical (unpaired) electrons. The minimum atomic E-state index is -4.32. The van der Waals surface area contributed by atoms with Crippen LogP contribution in [0.4, 0.5) is 13.2 Å². The Morgan fingerprint density at radius 2 is 1.52 bits per heavy atom. The fraction of sp³-hybridized carbons (Fsp3) is 0.529. The van der Waals surface area contributed by atoms with E-state index in [9.17, 15) is 13.2 Å². The summed E-state index contributed by atoms with van der Waals surface area (Å²) in [5.74, 6) is 1.85. The zero-order chi connectivity index (χ0) is 17.5. The van der Waals surface area contributed by atoms with Crippen LogP contribution in [0.15, 0.2) is 30.2 Å². The summed E-state index contributed by atoms with van der Waals surface area (Å²) in [6, 6.07) is 5.18. The molecule has 0 aromatic heterocycles. The highest BCUT2D eigenvalue weighted by molar-refractivity contribution is 6.53. The standard InChI is InChI=1S/C17H22BF3O2/c1-6-12(11-18-22-15(2,3)16(4,5)23-18)13-7-9-14(10-8-13)17(19,20)21/h7-11H,6H2,1-5H3/b12-11-. The van der Waals surface area contributed by atoms with Crippen LogP contribution in [0, 0.1) is 0 Å². The van der Waals surface area contributed by atoms with Gasteiger partial charge in [-0.25, -0.2) is 0 Å². The highest BCUT2D eigenvalue weighted by atomic mass is 19.4. The summed E-state index contributed by atoms with van der Waals surface area (Å²) in [5, 5.41) is 0. The minimum absolute atomic E-state index is 0.437. The number of alkyl halides is 3. The molecule has 1 aromatic rings. The molecule has 2 nitrogen and oxygen atoms in total. The zero-order valence-electron chi connectivity index (χ0n) is 14.1. The number of allylic oxidation sites excluding steroid dienone is 1. The van der Waals surface area contributed by atoms with Crippen molar-refractivity contribution in [3.8, 4) is 0 Å². The van der Waals surface area contributed by atoms with Gasteiger partial charge < -0.3 is 9.31 Å². The first kappa shape index (κ1) is 18.1. The van der Waals surface area contributed by atoms with Crippen molar-refractivity contribution in [1.82, 2.24) is 0 Å².